The zero-order valence-electron chi connectivity index (χ0n) is 13.5. The van der Waals surface area contributed by atoms with Crippen LogP contribution in [0.5, 0.6) is 0 Å². The Morgan fingerprint density at radius 2 is 1.64 bits per heavy atom. The van der Waals surface area contributed by atoms with Gasteiger partial charge in [0.15, 0.2) is 0 Å². The molecule has 3 rings (SSSR count). The van der Waals surface area contributed by atoms with Gasteiger partial charge in [0.05, 0.1) is 0 Å². The smallest absolute Gasteiger partial charge is 0.243 e. The first-order chi connectivity index (χ1) is 12.0. The van der Waals surface area contributed by atoms with Crippen molar-refractivity contribution in [3.63, 3.8) is 0 Å². The molecule has 6 heteroatoms. The van der Waals surface area contributed by atoms with Crippen molar-refractivity contribution < 1.29 is 9.59 Å². The lowest BCUT2D eigenvalue weighted by Crippen LogP contribution is -2.45. The van der Waals surface area contributed by atoms with E-state index in [2.05, 4.69) is 5.32 Å². The molecule has 1 fully saturated rings. The van der Waals surface area contributed by atoms with Crippen LogP contribution in [0.2, 0.25) is 10.0 Å². The number of amides is 2. The summed E-state index contributed by atoms with van der Waals surface area (Å²) in [6, 6.07) is 14.0. The van der Waals surface area contributed by atoms with Crippen LogP contribution < -0.4 is 10.2 Å². The molecule has 0 aliphatic carbocycles. The quantitative estimate of drug-likeness (QED) is 0.861. The molecular weight excluding hydrogens is 359 g/mol. The Kier molecular flexibility index (Phi) is 5.61. The van der Waals surface area contributed by atoms with Crippen LogP contribution in [-0.2, 0) is 16.0 Å². The van der Waals surface area contributed by atoms with Crippen molar-refractivity contribution in [2.75, 3.05) is 11.4 Å². The Bertz CT molecular complexity index is 760. The van der Waals surface area contributed by atoms with Gasteiger partial charge in [-0.3, -0.25) is 14.5 Å². The molecule has 1 aliphatic heterocycles. The number of hydrogen-bond acceptors (Lipinski definition) is 2. The third kappa shape index (κ3) is 4.33. The first kappa shape index (κ1) is 17.8. The van der Waals surface area contributed by atoms with E-state index in [9.17, 15) is 9.59 Å². The van der Waals surface area contributed by atoms with Gasteiger partial charge in [-0.2, -0.15) is 0 Å². The van der Waals surface area contributed by atoms with Gasteiger partial charge >= 0.3 is 0 Å². The maximum Gasteiger partial charge on any atom is 0.243 e. The molecule has 4 nitrogen and oxygen atoms in total. The summed E-state index contributed by atoms with van der Waals surface area (Å²) in [5, 5.41) is 4.21. The average molecular weight is 377 g/mol. The molecule has 2 aromatic rings. The molecule has 0 radical (unpaired) electrons. The van der Waals surface area contributed by atoms with Gasteiger partial charge in [0, 0.05) is 28.7 Å². The maximum absolute atomic E-state index is 12.5. The number of nitrogens with one attached hydrogen (secondary N) is 1. The zero-order chi connectivity index (χ0) is 17.8. The molecule has 0 bridgehead atoms. The second kappa shape index (κ2) is 7.89. The molecule has 1 unspecified atom stereocenters. The highest BCUT2D eigenvalue weighted by Gasteiger charge is 2.36. The van der Waals surface area contributed by atoms with Crippen LogP contribution in [0.4, 0.5) is 5.69 Å². The third-order valence-corrected chi connectivity index (χ3v) is 4.75. The summed E-state index contributed by atoms with van der Waals surface area (Å²) in [5.74, 6) is -0.171. The van der Waals surface area contributed by atoms with E-state index in [1.807, 2.05) is 24.3 Å². The number of benzene rings is 2. The summed E-state index contributed by atoms with van der Waals surface area (Å²) >= 11 is 11.8. The molecule has 1 atom stereocenters. The number of halogens is 2. The van der Waals surface area contributed by atoms with Crippen LogP contribution in [0.1, 0.15) is 18.4 Å². The average Bonchev–Trinajstić information content (AvgIpc) is 2.99. The fraction of sp³-hybridized carbons (Fsp3) is 0.263. The summed E-state index contributed by atoms with van der Waals surface area (Å²) in [6.07, 6.45) is 1.61. The van der Waals surface area contributed by atoms with E-state index < -0.39 is 6.04 Å². The molecule has 0 spiro atoms. The maximum atomic E-state index is 12.5. The highest BCUT2D eigenvalue weighted by Crippen LogP contribution is 2.27. The zero-order valence-corrected chi connectivity index (χ0v) is 15.1. The molecule has 2 amide bonds. The van der Waals surface area contributed by atoms with Crippen LogP contribution >= 0.6 is 23.2 Å². The highest BCUT2D eigenvalue weighted by molar-refractivity contribution is 6.30. The van der Waals surface area contributed by atoms with E-state index in [0.717, 1.165) is 5.56 Å². The lowest BCUT2D eigenvalue weighted by atomic mass is 10.1. The molecule has 1 N–H and O–H groups in total. The highest BCUT2D eigenvalue weighted by atomic mass is 35.5. The second-order valence-electron chi connectivity index (χ2n) is 5.96. The van der Waals surface area contributed by atoms with Crippen molar-refractivity contribution >= 4 is 40.7 Å². The fourth-order valence-electron chi connectivity index (χ4n) is 2.96. The van der Waals surface area contributed by atoms with E-state index >= 15 is 0 Å². The molecular formula is C19H18Cl2N2O2. The standard InChI is InChI=1S/C19H18Cl2N2O2/c20-14-3-1-13(2-4-14)11-12-22-19(25)17-9-10-18(24)23(17)16-7-5-15(21)6-8-16/h1-8,17H,9-12H2,(H,22,25). The van der Waals surface area contributed by atoms with Gasteiger partial charge in [-0.05, 0) is 54.8 Å². The second-order valence-corrected chi connectivity index (χ2v) is 6.83. The topological polar surface area (TPSA) is 49.4 Å². The van der Waals surface area contributed by atoms with Gasteiger partial charge in [0.2, 0.25) is 11.8 Å². The third-order valence-electron chi connectivity index (χ3n) is 4.25. The minimum absolute atomic E-state index is 0.0415. The number of rotatable bonds is 5. The lowest BCUT2D eigenvalue weighted by Gasteiger charge is -2.24. The lowest BCUT2D eigenvalue weighted by molar-refractivity contribution is -0.123. The van der Waals surface area contributed by atoms with Gasteiger partial charge in [-0.1, -0.05) is 35.3 Å². The predicted molar refractivity (Wildman–Crippen MR) is 100 cm³/mol. The van der Waals surface area contributed by atoms with Crippen molar-refractivity contribution in [2.24, 2.45) is 0 Å². The van der Waals surface area contributed by atoms with Crippen molar-refractivity contribution in [1.82, 2.24) is 5.32 Å². The van der Waals surface area contributed by atoms with E-state index in [0.29, 0.717) is 41.5 Å². The SMILES string of the molecule is O=C(NCCc1ccc(Cl)cc1)C1CCC(=O)N1c1ccc(Cl)cc1. The van der Waals surface area contributed by atoms with Crippen molar-refractivity contribution in [3.8, 4) is 0 Å². The van der Waals surface area contributed by atoms with Crippen LogP contribution in [0.3, 0.4) is 0 Å². The van der Waals surface area contributed by atoms with Crippen LogP contribution in [0, 0.1) is 0 Å². The minimum atomic E-state index is -0.473. The molecule has 25 heavy (non-hydrogen) atoms. The summed E-state index contributed by atoms with van der Waals surface area (Å²) in [5.41, 5.74) is 1.80. The van der Waals surface area contributed by atoms with Crippen LogP contribution in [0.25, 0.3) is 0 Å². The van der Waals surface area contributed by atoms with E-state index in [1.54, 1.807) is 29.2 Å². The van der Waals surface area contributed by atoms with E-state index in [1.165, 1.54) is 0 Å². The number of anilines is 1. The summed E-state index contributed by atoms with van der Waals surface area (Å²) in [7, 11) is 0. The summed E-state index contributed by atoms with van der Waals surface area (Å²) in [4.78, 5) is 26.3. The first-order valence-electron chi connectivity index (χ1n) is 8.14. The van der Waals surface area contributed by atoms with Crippen molar-refractivity contribution in [3.05, 3.63) is 64.1 Å². The van der Waals surface area contributed by atoms with Crippen molar-refractivity contribution in [1.29, 1.82) is 0 Å². The number of hydrogen-bond donors (Lipinski definition) is 1. The first-order valence-corrected chi connectivity index (χ1v) is 8.90. The Morgan fingerprint density at radius 3 is 2.28 bits per heavy atom. The Morgan fingerprint density at radius 1 is 1.04 bits per heavy atom. The molecule has 2 aromatic carbocycles. The number of carbonyl (C=O) groups excluding carboxylic acids is 2. The molecule has 1 saturated heterocycles. The normalized spacial score (nSPS) is 17.0. The van der Waals surface area contributed by atoms with Crippen molar-refractivity contribution in [2.45, 2.75) is 25.3 Å². The van der Waals surface area contributed by atoms with E-state index in [4.69, 9.17) is 23.2 Å². The molecule has 1 heterocycles. The monoisotopic (exact) mass is 376 g/mol. The van der Waals surface area contributed by atoms with Crippen LogP contribution in [0.15, 0.2) is 48.5 Å². The fourth-order valence-corrected chi connectivity index (χ4v) is 3.21. The van der Waals surface area contributed by atoms with Gasteiger partial charge < -0.3 is 5.32 Å². The Balaban J connectivity index is 1.61. The van der Waals surface area contributed by atoms with E-state index in [-0.39, 0.29) is 11.8 Å². The molecule has 1 aliphatic rings. The minimum Gasteiger partial charge on any atom is -0.354 e. The molecule has 130 valence electrons. The van der Waals surface area contributed by atoms with Gasteiger partial charge in [-0.25, -0.2) is 0 Å². The predicted octanol–water partition coefficient (Wildman–Crippen LogP) is 3.85. The largest absolute Gasteiger partial charge is 0.354 e. The van der Waals surface area contributed by atoms with Gasteiger partial charge in [0.25, 0.3) is 0 Å². The number of nitrogens with zero attached hydrogens (tertiary/aromatic N) is 1. The summed E-state index contributed by atoms with van der Waals surface area (Å²) in [6.45, 7) is 0.514. The van der Waals surface area contributed by atoms with Gasteiger partial charge in [0.1, 0.15) is 6.04 Å². The molecule has 0 aromatic heterocycles. The molecule has 0 saturated carbocycles. The Labute approximate surface area is 156 Å². The van der Waals surface area contributed by atoms with Crippen LogP contribution in [-0.4, -0.2) is 24.4 Å². The summed E-state index contributed by atoms with van der Waals surface area (Å²) < 4.78 is 0. The number of carbonyl (C=O) groups is 2. The Hall–Kier alpha value is -2.04. The van der Waals surface area contributed by atoms with Gasteiger partial charge in [-0.15, -0.1) is 0 Å².